The third-order valence-corrected chi connectivity index (χ3v) is 7.03. The molecule has 5 rings (SSSR count). The van der Waals surface area contributed by atoms with Crippen LogP contribution in [0.2, 0.25) is 0 Å². The van der Waals surface area contributed by atoms with Crippen LogP contribution in [0.1, 0.15) is 28.6 Å². The lowest BCUT2D eigenvalue weighted by Crippen LogP contribution is -2.47. The zero-order chi connectivity index (χ0) is 25.2. The lowest BCUT2D eigenvalue weighted by Gasteiger charge is -2.33. The molecule has 1 aliphatic rings. The van der Waals surface area contributed by atoms with Crippen LogP contribution in [0.3, 0.4) is 0 Å². The molecule has 0 spiro atoms. The maximum atomic E-state index is 13.1. The molecule has 3 aromatic carbocycles. The van der Waals surface area contributed by atoms with E-state index in [9.17, 15) is 9.59 Å². The van der Waals surface area contributed by atoms with E-state index in [-0.39, 0.29) is 18.4 Å². The van der Waals surface area contributed by atoms with E-state index < -0.39 is 6.10 Å². The van der Waals surface area contributed by atoms with E-state index in [1.807, 2.05) is 73.8 Å². The number of thiazole rings is 1. The molecular formula is C29H27N3O3S. The van der Waals surface area contributed by atoms with Crippen molar-refractivity contribution in [3.8, 4) is 17.0 Å². The predicted octanol–water partition coefficient (Wildman–Crippen LogP) is 5.77. The van der Waals surface area contributed by atoms with Crippen LogP contribution in [-0.2, 0) is 16.0 Å². The van der Waals surface area contributed by atoms with Gasteiger partial charge in [-0.05, 0) is 61.7 Å². The Morgan fingerprint density at radius 2 is 1.89 bits per heavy atom. The van der Waals surface area contributed by atoms with Crippen molar-refractivity contribution in [1.82, 2.24) is 4.98 Å². The number of hydrogen-bond donors (Lipinski definition) is 1. The predicted molar refractivity (Wildman–Crippen MR) is 144 cm³/mol. The van der Waals surface area contributed by atoms with Crippen LogP contribution in [0.4, 0.5) is 11.4 Å². The van der Waals surface area contributed by atoms with Crippen molar-refractivity contribution in [2.75, 3.05) is 16.8 Å². The molecule has 0 radical (unpaired) electrons. The second kappa shape index (κ2) is 9.95. The Hall–Kier alpha value is -3.97. The summed E-state index contributed by atoms with van der Waals surface area (Å²) in [6.45, 7) is 5.51. The molecule has 1 aliphatic heterocycles. The van der Waals surface area contributed by atoms with Gasteiger partial charge in [0.1, 0.15) is 12.3 Å². The number of rotatable bonds is 6. The Kier molecular flexibility index (Phi) is 6.57. The molecule has 0 aliphatic carbocycles. The highest BCUT2D eigenvalue weighted by atomic mass is 32.1. The van der Waals surface area contributed by atoms with Crippen LogP contribution < -0.4 is 15.0 Å². The van der Waals surface area contributed by atoms with Crippen LogP contribution in [0.25, 0.3) is 11.3 Å². The number of nitrogens with one attached hydrogen (secondary N) is 1. The average Bonchev–Trinajstić information content (AvgIpc) is 3.33. The van der Waals surface area contributed by atoms with Gasteiger partial charge in [-0.2, -0.15) is 0 Å². The SMILES string of the molecule is Cc1ccc(C)c(NC(=O)CN2C(=O)C(C)Oc3ccc(-c4csc(Cc5ccccc5)n4)cc32)c1. The molecule has 1 N–H and O–H groups in total. The zero-order valence-corrected chi connectivity index (χ0v) is 21.3. The number of carbonyl (C=O) groups is 2. The summed E-state index contributed by atoms with van der Waals surface area (Å²) in [4.78, 5) is 32.4. The second-order valence-electron chi connectivity index (χ2n) is 9.02. The average molecular weight is 498 g/mol. The Labute approximate surface area is 214 Å². The smallest absolute Gasteiger partial charge is 0.268 e. The number of hydrogen-bond acceptors (Lipinski definition) is 5. The van der Waals surface area contributed by atoms with Gasteiger partial charge in [0.15, 0.2) is 6.10 Å². The molecule has 1 unspecified atom stereocenters. The van der Waals surface area contributed by atoms with E-state index in [4.69, 9.17) is 9.72 Å². The first-order chi connectivity index (χ1) is 17.4. The van der Waals surface area contributed by atoms with Crippen LogP contribution in [0, 0.1) is 13.8 Å². The van der Waals surface area contributed by atoms with Gasteiger partial charge in [-0.25, -0.2) is 4.98 Å². The maximum absolute atomic E-state index is 13.1. The van der Waals surface area contributed by atoms with Crippen LogP contribution in [0.5, 0.6) is 5.75 Å². The molecule has 0 saturated heterocycles. The molecule has 1 aromatic heterocycles. The van der Waals surface area contributed by atoms with Crippen molar-refractivity contribution in [3.05, 3.63) is 93.8 Å². The molecule has 182 valence electrons. The minimum Gasteiger partial charge on any atom is -0.479 e. The number of nitrogens with zero attached hydrogens (tertiary/aromatic N) is 2. The van der Waals surface area contributed by atoms with E-state index in [1.165, 1.54) is 10.5 Å². The van der Waals surface area contributed by atoms with E-state index in [0.29, 0.717) is 11.4 Å². The summed E-state index contributed by atoms with van der Waals surface area (Å²) < 4.78 is 5.84. The van der Waals surface area contributed by atoms with Crippen molar-refractivity contribution in [1.29, 1.82) is 0 Å². The largest absolute Gasteiger partial charge is 0.479 e. The fourth-order valence-corrected chi connectivity index (χ4v) is 5.07. The third-order valence-electron chi connectivity index (χ3n) is 6.18. The third kappa shape index (κ3) is 5.02. The van der Waals surface area contributed by atoms with E-state index in [0.717, 1.165) is 39.5 Å². The summed E-state index contributed by atoms with van der Waals surface area (Å²) in [7, 11) is 0. The summed E-state index contributed by atoms with van der Waals surface area (Å²) in [6, 6.07) is 21.8. The highest BCUT2D eigenvalue weighted by Gasteiger charge is 2.33. The van der Waals surface area contributed by atoms with E-state index in [2.05, 4.69) is 17.4 Å². The molecule has 1 atom stereocenters. The standard InChI is InChI=1S/C29H27N3O3S/c1-18-9-10-19(2)23(13-18)30-27(33)16-32-25-15-22(11-12-26(25)35-20(3)29(32)34)24-17-36-28(31-24)14-21-7-5-4-6-8-21/h4-13,15,17,20H,14,16H2,1-3H3,(H,30,33). The number of ether oxygens (including phenoxy) is 1. The first-order valence-corrected chi connectivity index (χ1v) is 12.7. The highest BCUT2D eigenvalue weighted by molar-refractivity contribution is 7.10. The molecular weight excluding hydrogens is 470 g/mol. The molecule has 36 heavy (non-hydrogen) atoms. The zero-order valence-electron chi connectivity index (χ0n) is 20.4. The summed E-state index contributed by atoms with van der Waals surface area (Å²) >= 11 is 1.61. The van der Waals surface area contributed by atoms with Gasteiger partial charge in [0.25, 0.3) is 5.91 Å². The van der Waals surface area contributed by atoms with Gasteiger partial charge in [-0.15, -0.1) is 11.3 Å². The topological polar surface area (TPSA) is 71.5 Å². The lowest BCUT2D eigenvalue weighted by atomic mass is 10.1. The van der Waals surface area contributed by atoms with Crippen LogP contribution in [-0.4, -0.2) is 29.4 Å². The Morgan fingerprint density at radius 1 is 1.08 bits per heavy atom. The normalized spacial score (nSPS) is 14.8. The Bertz CT molecular complexity index is 1430. The van der Waals surface area contributed by atoms with Gasteiger partial charge < -0.3 is 10.1 Å². The summed E-state index contributed by atoms with van der Waals surface area (Å²) in [6.07, 6.45) is 0.0915. The van der Waals surface area contributed by atoms with Crippen molar-refractivity contribution in [2.45, 2.75) is 33.3 Å². The van der Waals surface area contributed by atoms with E-state index >= 15 is 0 Å². The van der Waals surface area contributed by atoms with E-state index in [1.54, 1.807) is 18.3 Å². The van der Waals surface area contributed by atoms with Crippen LogP contribution >= 0.6 is 11.3 Å². The first-order valence-electron chi connectivity index (χ1n) is 11.9. The first kappa shape index (κ1) is 23.8. The summed E-state index contributed by atoms with van der Waals surface area (Å²) in [5, 5.41) is 5.99. The minimum absolute atomic E-state index is 0.104. The van der Waals surface area contributed by atoms with Crippen molar-refractivity contribution in [3.63, 3.8) is 0 Å². The number of benzene rings is 3. The molecule has 4 aromatic rings. The van der Waals surface area contributed by atoms with Crippen molar-refractivity contribution >= 4 is 34.5 Å². The van der Waals surface area contributed by atoms with Gasteiger partial charge in [0.05, 0.1) is 16.4 Å². The van der Waals surface area contributed by atoms with Gasteiger partial charge in [0, 0.05) is 23.1 Å². The molecule has 0 fully saturated rings. The van der Waals surface area contributed by atoms with Gasteiger partial charge in [-0.1, -0.05) is 42.5 Å². The minimum atomic E-state index is -0.673. The number of carbonyl (C=O) groups excluding carboxylic acids is 2. The molecule has 0 saturated carbocycles. The summed E-state index contributed by atoms with van der Waals surface area (Å²) in [5.41, 5.74) is 6.25. The number of fused-ring (bicyclic) bond motifs is 1. The number of aryl methyl sites for hydroxylation is 2. The van der Waals surface area contributed by atoms with Gasteiger partial charge in [-0.3, -0.25) is 14.5 Å². The Balaban J connectivity index is 1.39. The number of amides is 2. The second-order valence-corrected chi connectivity index (χ2v) is 9.97. The number of aromatic nitrogens is 1. The highest BCUT2D eigenvalue weighted by Crippen LogP contribution is 2.38. The summed E-state index contributed by atoms with van der Waals surface area (Å²) in [5.74, 6) is 0.0604. The monoisotopic (exact) mass is 497 g/mol. The molecule has 0 bridgehead atoms. The molecule has 7 heteroatoms. The van der Waals surface area contributed by atoms with Gasteiger partial charge >= 0.3 is 0 Å². The van der Waals surface area contributed by atoms with Crippen LogP contribution in [0.15, 0.2) is 72.1 Å². The fourth-order valence-electron chi connectivity index (χ4n) is 4.23. The number of anilines is 2. The molecule has 6 nitrogen and oxygen atoms in total. The van der Waals surface area contributed by atoms with Gasteiger partial charge in [0.2, 0.25) is 5.91 Å². The van der Waals surface area contributed by atoms with Crippen molar-refractivity contribution in [2.24, 2.45) is 0 Å². The maximum Gasteiger partial charge on any atom is 0.268 e. The lowest BCUT2D eigenvalue weighted by molar-refractivity contribution is -0.127. The molecule has 2 amide bonds. The quantitative estimate of drug-likeness (QED) is 0.367. The van der Waals surface area contributed by atoms with Crippen molar-refractivity contribution < 1.29 is 14.3 Å². The fraction of sp³-hybridized carbons (Fsp3) is 0.207. The molecule has 2 heterocycles. The Morgan fingerprint density at radius 3 is 2.69 bits per heavy atom.